The lowest BCUT2D eigenvalue weighted by molar-refractivity contribution is 0.414. The fourth-order valence-corrected chi connectivity index (χ4v) is 1.57. The van der Waals surface area contributed by atoms with Gasteiger partial charge < -0.3 is 15.5 Å². The fourth-order valence-electron chi connectivity index (χ4n) is 1.57. The normalized spacial score (nSPS) is 10.3. The summed E-state index contributed by atoms with van der Waals surface area (Å²) in [5.41, 5.74) is 7.84. The van der Waals surface area contributed by atoms with E-state index in [1.165, 1.54) is 5.56 Å². The monoisotopic (exact) mass is 217 g/mol. The average Bonchev–Trinajstić information content (AvgIpc) is 2.73. The zero-order valence-electron chi connectivity index (χ0n) is 9.23. The molecule has 0 amide bonds. The predicted molar refractivity (Wildman–Crippen MR) is 63.4 cm³/mol. The maximum Gasteiger partial charge on any atom is 0.197 e. The molecular formula is C12H15N3O. The van der Waals surface area contributed by atoms with E-state index in [0.29, 0.717) is 5.95 Å². The zero-order valence-corrected chi connectivity index (χ0v) is 9.23. The molecule has 0 bridgehead atoms. The molecule has 4 heteroatoms. The number of ether oxygens (including phenoxy) is 1. The van der Waals surface area contributed by atoms with Crippen molar-refractivity contribution in [1.82, 2.24) is 9.97 Å². The lowest BCUT2D eigenvalue weighted by atomic mass is 10.1. The number of nitrogen functional groups attached to an aromatic ring is 1. The second-order valence-electron chi connectivity index (χ2n) is 3.64. The van der Waals surface area contributed by atoms with Crippen LogP contribution >= 0.6 is 0 Å². The standard InChI is InChI=1S/C12H15N3O/c1-16-11-6-3-9(4-7-11)2-5-10-8-14-12(13)15-10/h3-4,6-8H,2,5H2,1H3,(H3,13,14,15). The van der Waals surface area contributed by atoms with Gasteiger partial charge in [0.05, 0.1) is 13.3 Å². The Morgan fingerprint density at radius 1 is 1.25 bits per heavy atom. The quantitative estimate of drug-likeness (QED) is 0.820. The summed E-state index contributed by atoms with van der Waals surface area (Å²) in [5, 5.41) is 0. The third kappa shape index (κ3) is 2.53. The molecule has 1 aromatic carbocycles. The van der Waals surface area contributed by atoms with E-state index in [9.17, 15) is 0 Å². The summed E-state index contributed by atoms with van der Waals surface area (Å²) >= 11 is 0. The molecule has 0 aliphatic carbocycles. The van der Waals surface area contributed by atoms with E-state index >= 15 is 0 Å². The van der Waals surface area contributed by atoms with Gasteiger partial charge in [-0.2, -0.15) is 0 Å². The van der Waals surface area contributed by atoms with Crippen molar-refractivity contribution in [2.45, 2.75) is 12.8 Å². The lowest BCUT2D eigenvalue weighted by Gasteiger charge is -2.02. The smallest absolute Gasteiger partial charge is 0.197 e. The second kappa shape index (κ2) is 4.70. The van der Waals surface area contributed by atoms with Crippen molar-refractivity contribution in [2.75, 3.05) is 12.8 Å². The molecule has 0 fully saturated rings. The number of aryl methyl sites for hydroxylation is 2. The molecule has 0 spiro atoms. The van der Waals surface area contributed by atoms with Gasteiger partial charge in [-0.3, -0.25) is 0 Å². The van der Waals surface area contributed by atoms with Crippen molar-refractivity contribution >= 4 is 5.95 Å². The molecule has 16 heavy (non-hydrogen) atoms. The number of H-pyrrole nitrogens is 1. The predicted octanol–water partition coefficient (Wildman–Crippen LogP) is 1.79. The van der Waals surface area contributed by atoms with Gasteiger partial charge in [0, 0.05) is 5.69 Å². The maximum atomic E-state index is 5.50. The van der Waals surface area contributed by atoms with Crippen molar-refractivity contribution in [1.29, 1.82) is 0 Å². The van der Waals surface area contributed by atoms with Gasteiger partial charge in [-0.15, -0.1) is 0 Å². The number of imidazole rings is 1. The molecule has 0 atom stereocenters. The van der Waals surface area contributed by atoms with Crippen molar-refractivity contribution in [3.63, 3.8) is 0 Å². The van der Waals surface area contributed by atoms with E-state index in [4.69, 9.17) is 10.5 Å². The van der Waals surface area contributed by atoms with Crippen LogP contribution in [0.15, 0.2) is 30.5 Å². The van der Waals surface area contributed by atoms with Gasteiger partial charge in [0.2, 0.25) is 0 Å². The number of aromatic nitrogens is 2. The first-order chi connectivity index (χ1) is 7.78. The highest BCUT2D eigenvalue weighted by atomic mass is 16.5. The van der Waals surface area contributed by atoms with Gasteiger partial charge in [0.25, 0.3) is 0 Å². The van der Waals surface area contributed by atoms with Crippen LogP contribution in [0.25, 0.3) is 0 Å². The lowest BCUT2D eigenvalue weighted by Crippen LogP contribution is -1.93. The van der Waals surface area contributed by atoms with Crippen LogP contribution in [-0.2, 0) is 12.8 Å². The Bertz CT molecular complexity index is 448. The number of hydrogen-bond donors (Lipinski definition) is 2. The largest absolute Gasteiger partial charge is 0.497 e. The first-order valence-electron chi connectivity index (χ1n) is 5.20. The summed E-state index contributed by atoms with van der Waals surface area (Å²) < 4.78 is 5.10. The number of hydrogen-bond acceptors (Lipinski definition) is 3. The third-order valence-electron chi connectivity index (χ3n) is 2.49. The van der Waals surface area contributed by atoms with Crippen LogP contribution in [0.2, 0.25) is 0 Å². The Morgan fingerprint density at radius 2 is 2.00 bits per heavy atom. The molecule has 0 saturated carbocycles. The molecule has 1 aromatic heterocycles. The molecular weight excluding hydrogens is 202 g/mol. The number of methoxy groups -OCH3 is 1. The Labute approximate surface area is 94.5 Å². The minimum absolute atomic E-state index is 0.477. The van der Waals surface area contributed by atoms with E-state index < -0.39 is 0 Å². The van der Waals surface area contributed by atoms with Gasteiger partial charge in [-0.25, -0.2) is 4.98 Å². The Balaban J connectivity index is 1.94. The van der Waals surface area contributed by atoms with Crippen LogP contribution in [-0.4, -0.2) is 17.1 Å². The molecule has 0 aliphatic heterocycles. The SMILES string of the molecule is COc1ccc(CCc2cnc(N)[nH]2)cc1. The summed E-state index contributed by atoms with van der Waals surface area (Å²) in [4.78, 5) is 6.97. The molecule has 0 radical (unpaired) electrons. The van der Waals surface area contributed by atoms with Crippen LogP contribution in [0.3, 0.4) is 0 Å². The highest BCUT2D eigenvalue weighted by Crippen LogP contribution is 2.13. The minimum atomic E-state index is 0.477. The molecule has 0 saturated heterocycles. The number of nitrogens with two attached hydrogens (primary N) is 1. The van der Waals surface area contributed by atoms with E-state index in [-0.39, 0.29) is 0 Å². The number of aromatic amines is 1. The number of benzene rings is 1. The Hall–Kier alpha value is -1.97. The molecule has 1 heterocycles. The molecule has 0 unspecified atom stereocenters. The highest BCUT2D eigenvalue weighted by molar-refractivity contribution is 5.28. The molecule has 2 aromatic rings. The van der Waals surface area contributed by atoms with Gasteiger partial charge >= 0.3 is 0 Å². The van der Waals surface area contributed by atoms with Gasteiger partial charge in [0.1, 0.15) is 5.75 Å². The number of rotatable bonds is 4. The maximum absolute atomic E-state index is 5.50. The van der Waals surface area contributed by atoms with Crippen molar-refractivity contribution in [3.8, 4) is 5.75 Å². The fraction of sp³-hybridized carbons (Fsp3) is 0.250. The number of nitrogens with one attached hydrogen (secondary N) is 1. The number of nitrogens with zero attached hydrogens (tertiary/aromatic N) is 1. The van der Waals surface area contributed by atoms with Crippen LogP contribution in [0.5, 0.6) is 5.75 Å². The van der Waals surface area contributed by atoms with Crippen LogP contribution < -0.4 is 10.5 Å². The van der Waals surface area contributed by atoms with Crippen molar-refractivity contribution < 1.29 is 4.74 Å². The van der Waals surface area contributed by atoms with Crippen molar-refractivity contribution in [2.24, 2.45) is 0 Å². The van der Waals surface area contributed by atoms with E-state index in [2.05, 4.69) is 22.1 Å². The highest BCUT2D eigenvalue weighted by Gasteiger charge is 1.99. The summed E-state index contributed by atoms with van der Waals surface area (Å²) in [6.45, 7) is 0. The zero-order chi connectivity index (χ0) is 11.4. The molecule has 2 rings (SSSR count). The summed E-state index contributed by atoms with van der Waals surface area (Å²) in [6, 6.07) is 8.07. The molecule has 0 aliphatic rings. The number of anilines is 1. The van der Waals surface area contributed by atoms with Gasteiger partial charge in [-0.1, -0.05) is 12.1 Å². The van der Waals surface area contributed by atoms with Crippen LogP contribution in [0.1, 0.15) is 11.3 Å². The summed E-state index contributed by atoms with van der Waals surface area (Å²) in [5.74, 6) is 1.36. The van der Waals surface area contributed by atoms with Gasteiger partial charge in [0.15, 0.2) is 5.95 Å². The second-order valence-corrected chi connectivity index (χ2v) is 3.64. The van der Waals surface area contributed by atoms with Crippen LogP contribution in [0, 0.1) is 0 Å². The molecule has 3 N–H and O–H groups in total. The minimum Gasteiger partial charge on any atom is -0.497 e. The van der Waals surface area contributed by atoms with E-state index in [1.54, 1.807) is 13.3 Å². The van der Waals surface area contributed by atoms with Gasteiger partial charge in [-0.05, 0) is 30.5 Å². The van der Waals surface area contributed by atoms with E-state index in [1.807, 2.05) is 12.1 Å². The first-order valence-corrected chi connectivity index (χ1v) is 5.20. The molecule has 84 valence electrons. The third-order valence-corrected chi connectivity index (χ3v) is 2.49. The average molecular weight is 217 g/mol. The van der Waals surface area contributed by atoms with E-state index in [0.717, 1.165) is 24.3 Å². The molecule has 4 nitrogen and oxygen atoms in total. The topological polar surface area (TPSA) is 63.9 Å². The van der Waals surface area contributed by atoms with Crippen LogP contribution in [0.4, 0.5) is 5.95 Å². The Kier molecular flexibility index (Phi) is 3.10. The Morgan fingerprint density at radius 3 is 2.56 bits per heavy atom. The summed E-state index contributed by atoms with van der Waals surface area (Å²) in [6.07, 6.45) is 3.65. The van der Waals surface area contributed by atoms with Crippen molar-refractivity contribution in [3.05, 3.63) is 41.7 Å². The first kappa shape index (κ1) is 10.5. The summed E-state index contributed by atoms with van der Waals surface area (Å²) in [7, 11) is 1.67.